The second-order valence-electron chi connectivity index (χ2n) is 8.72. The van der Waals surface area contributed by atoms with Crippen molar-refractivity contribution < 1.29 is 13.9 Å². The van der Waals surface area contributed by atoms with Gasteiger partial charge in [-0.25, -0.2) is 14.1 Å². The highest BCUT2D eigenvalue weighted by atomic mass is 28.3. The highest BCUT2D eigenvalue weighted by Crippen LogP contribution is 2.41. The Balaban J connectivity index is 1.83. The molecule has 0 radical (unpaired) electrons. The van der Waals surface area contributed by atoms with Crippen molar-refractivity contribution in [2.45, 2.75) is 33.1 Å². The van der Waals surface area contributed by atoms with Crippen LogP contribution < -0.4 is 10.1 Å². The number of fused-ring (bicyclic) bond motifs is 1. The van der Waals surface area contributed by atoms with E-state index >= 15 is 0 Å². The van der Waals surface area contributed by atoms with Crippen LogP contribution in [-0.2, 0) is 11.0 Å². The summed E-state index contributed by atoms with van der Waals surface area (Å²) in [5, 5.41) is 7.68. The van der Waals surface area contributed by atoms with Crippen LogP contribution in [0.1, 0.15) is 13.8 Å². The van der Waals surface area contributed by atoms with Crippen molar-refractivity contribution in [1.82, 2.24) is 14.8 Å². The number of hydrogen-bond acceptors (Lipinski definition) is 4. The van der Waals surface area contributed by atoms with Gasteiger partial charge in [0.05, 0.1) is 11.8 Å². The van der Waals surface area contributed by atoms with Crippen LogP contribution in [0, 0.1) is 11.7 Å². The lowest BCUT2D eigenvalue weighted by Crippen LogP contribution is -2.44. The van der Waals surface area contributed by atoms with Crippen molar-refractivity contribution >= 4 is 19.8 Å². The number of pyridine rings is 1. The maximum absolute atomic E-state index is 13.5. The lowest BCUT2D eigenvalue weighted by molar-refractivity contribution is -0.118. The van der Waals surface area contributed by atoms with Crippen molar-refractivity contribution in [3.05, 3.63) is 48.4 Å². The molecule has 3 heterocycles. The fourth-order valence-corrected chi connectivity index (χ4v) is 5.05. The number of rotatable bonds is 4. The van der Waals surface area contributed by atoms with Crippen molar-refractivity contribution in [3.8, 4) is 28.3 Å². The predicted molar refractivity (Wildman–Crippen MR) is 117 cm³/mol. The molecule has 0 aliphatic carbocycles. The minimum atomic E-state index is -1.56. The predicted octanol–water partition coefficient (Wildman–Crippen LogP) is 4.52. The molecule has 30 heavy (non-hydrogen) atoms. The number of amides is 1. The third-order valence-electron chi connectivity index (χ3n) is 5.03. The number of carbonyl (C=O) groups excluding carboxylic acids is 1. The van der Waals surface area contributed by atoms with Crippen molar-refractivity contribution in [3.63, 3.8) is 0 Å². The average molecular weight is 425 g/mol. The molecule has 156 valence electrons. The summed E-state index contributed by atoms with van der Waals surface area (Å²) in [5.41, 5.74) is 3.20. The first-order valence-corrected chi connectivity index (χ1v) is 13.4. The molecule has 1 aliphatic heterocycles. The summed E-state index contributed by atoms with van der Waals surface area (Å²) in [6.07, 6.45) is 3.21. The van der Waals surface area contributed by atoms with E-state index in [1.54, 1.807) is 18.3 Å². The number of ether oxygens (including phenoxy) is 1. The zero-order chi connectivity index (χ0) is 21.5. The van der Waals surface area contributed by atoms with Gasteiger partial charge in [0, 0.05) is 23.8 Å². The normalized spacial score (nSPS) is 14.9. The van der Waals surface area contributed by atoms with Gasteiger partial charge in [-0.1, -0.05) is 26.9 Å². The van der Waals surface area contributed by atoms with E-state index in [9.17, 15) is 9.18 Å². The van der Waals surface area contributed by atoms with Crippen LogP contribution in [0.25, 0.3) is 22.4 Å². The van der Waals surface area contributed by atoms with Crippen LogP contribution >= 0.6 is 0 Å². The van der Waals surface area contributed by atoms with Crippen LogP contribution in [0.3, 0.4) is 0 Å². The second kappa shape index (κ2) is 7.68. The van der Waals surface area contributed by atoms with E-state index in [4.69, 9.17) is 9.84 Å². The summed E-state index contributed by atoms with van der Waals surface area (Å²) in [6, 6.07) is 9.99. The zero-order valence-electron chi connectivity index (χ0n) is 17.6. The molecular weight excluding hydrogens is 399 g/mol. The lowest BCUT2D eigenvalue weighted by atomic mass is 10.0. The van der Waals surface area contributed by atoms with E-state index in [2.05, 4.69) is 23.4 Å². The van der Waals surface area contributed by atoms with E-state index in [-0.39, 0.29) is 17.6 Å². The summed E-state index contributed by atoms with van der Waals surface area (Å²) in [5.74, 6) is 0.635. The highest BCUT2D eigenvalue weighted by Gasteiger charge is 2.34. The first-order chi connectivity index (χ1) is 14.2. The topological polar surface area (TPSA) is 69.0 Å². The fourth-order valence-electron chi connectivity index (χ4n) is 3.41. The third-order valence-corrected chi connectivity index (χ3v) is 7.11. The quantitative estimate of drug-likeness (QED) is 0.625. The summed E-state index contributed by atoms with van der Waals surface area (Å²) in [6.45, 7) is 8.20. The SMILES string of the molecule is CC(C)C(=O)Nc1cc(-c2c(-c3ccc(F)cc3)nn3c2OC[Si](C)(C)C3)ccn1. The molecule has 3 aromatic rings. The molecule has 1 aromatic carbocycles. The summed E-state index contributed by atoms with van der Waals surface area (Å²) < 4.78 is 21.6. The summed E-state index contributed by atoms with van der Waals surface area (Å²) in [4.78, 5) is 16.4. The molecule has 6 nitrogen and oxygen atoms in total. The van der Waals surface area contributed by atoms with Gasteiger partial charge in [-0.2, -0.15) is 5.10 Å². The van der Waals surface area contributed by atoms with Crippen LogP contribution in [0.2, 0.25) is 13.1 Å². The molecule has 4 rings (SSSR count). The Morgan fingerprint density at radius 1 is 1.20 bits per heavy atom. The Morgan fingerprint density at radius 3 is 2.63 bits per heavy atom. The zero-order valence-corrected chi connectivity index (χ0v) is 18.6. The molecule has 1 amide bonds. The Labute approximate surface area is 176 Å². The summed E-state index contributed by atoms with van der Waals surface area (Å²) >= 11 is 0. The number of aromatic nitrogens is 3. The van der Waals surface area contributed by atoms with Crippen LogP contribution in [0.5, 0.6) is 5.88 Å². The number of nitrogens with zero attached hydrogens (tertiary/aromatic N) is 3. The van der Waals surface area contributed by atoms with E-state index in [0.717, 1.165) is 28.6 Å². The molecule has 1 aliphatic rings. The van der Waals surface area contributed by atoms with Gasteiger partial charge in [0.15, 0.2) is 0 Å². The van der Waals surface area contributed by atoms with Gasteiger partial charge in [0.1, 0.15) is 25.4 Å². The fraction of sp³-hybridized carbons (Fsp3) is 0.318. The Hall–Kier alpha value is -3.00. The number of hydrogen-bond donors (Lipinski definition) is 1. The van der Waals surface area contributed by atoms with Crippen LogP contribution in [-0.4, -0.2) is 35.0 Å². The molecule has 8 heteroatoms. The largest absolute Gasteiger partial charge is 0.481 e. The Bertz CT molecular complexity index is 1090. The summed E-state index contributed by atoms with van der Waals surface area (Å²) in [7, 11) is -1.56. The second-order valence-corrected chi connectivity index (χ2v) is 13.7. The van der Waals surface area contributed by atoms with Crippen molar-refractivity contribution in [2.75, 3.05) is 11.5 Å². The van der Waals surface area contributed by atoms with Crippen LogP contribution in [0.4, 0.5) is 10.2 Å². The number of benzene rings is 1. The van der Waals surface area contributed by atoms with Gasteiger partial charge < -0.3 is 10.1 Å². The molecule has 0 saturated heterocycles. The van der Waals surface area contributed by atoms with Gasteiger partial charge in [-0.05, 0) is 42.0 Å². The van der Waals surface area contributed by atoms with Gasteiger partial charge in [-0.3, -0.25) is 4.79 Å². The molecule has 2 aromatic heterocycles. The number of carbonyl (C=O) groups is 1. The van der Waals surface area contributed by atoms with Crippen molar-refractivity contribution in [1.29, 1.82) is 0 Å². The lowest BCUT2D eigenvalue weighted by Gasteiger charge is -2.28. The van der Waals surface area contributed by atoms with E-state index < -0.39 is 8.07 Å². The monoisotopic (exact) mass is 424 g/mol. The first-order valence-electron chi connectivity index (χ1n) is 10.0. The Kier molecular flexibility index (Phi) is 5.19. The van der Waals surface area contributed by atoms with E-state index in [1.165, 1.54) is 12.1 Å². The average Bonchev–Trinajstić information content (AvgIpc) is 3.06. The molecule has 0 fully saturated rings. The Morgan fingerprint density at radius 2 is 1.93 bits per heavy atom. The van der Waals surface area contributed by atoms with Gasteiger partial charge >= 0.3 is 0 Å². The molecular formula is C22H25FN4O2Si. The smallest absolute Gasteiger partial charge is 0.228 e. The minimum Gasteiger partial charge on any atom is -0.481 e. The molecule has 0 saturated carbocycles. The maximum Gasteiger partial charge on any atom is 0.228 e. The van der Waals surface area contributed by atoms with Gasteiger partial charge in [0.25, 0.3) is 0 Å². The number of nitrogens with one attached hydrogen (secondary N) is 1. The maximum atomic E-state index is 13.5. The molecule has 1 N–H and O–H groups in total. The highest BCUT2D eigenvalue weighted by molar-refractivity contribution is 6.76. The molecule has 0 atom stereocenters. The first kappa shape index (κ1) is 20.3. The van der Waals surface area contributed by atoms with Gasteiger partial charge in [-0.15, -0.1) is 0 Å². The molecule has 0 bridgehead atoms. The van der Waals surface area contributed by atoms with E-state index in [0.29, 0.717) is 17.9 Å². The van der Waals surface area contributed by atoms with Gasteiger partial charge in [0.2, 0.25) is 11.8 Å². The minimum absolute atomic E-state index is 0.0977. The van der Waals surface area contributed by atoms with Crippen molar-refractivity contribution in [2.24, 2.45) is 5.92 Å². The third kappa shape index (κ3) is 4.00. The number of halogens is 1. The standard InChI is InChI=1S/C22H25FN4O2Si/c1-14(2)21(28)25-18-11-16(9-10-24-18)19-20(15-5-7-17(23)8-6-15)26-27-12-30(3,4)13-29-22(19)27/h5-11,14H,12-13H2,1-4H3,(H,24,25,28). The molecule has 0 spiro atoms. The molecule has 0 unspecified atom stereocenters. The van der Waals surface area contributed by atoms with Crippen LogP contribution in [0.15, 0.2) is 42.6 Å². The number of anilines is 1. The van der Waals surface area contributed by atoms with E-state index in [1.807, 2.05) is 30.7 Å².